The van der Waals surface area contributed by atoms with Crippen molar-refractivity contribution in [3.8, 4) is 5.75 Å². The maximum absolute atomic E-state index is 6.52. The third kappa shape index (κ3) is 5.83. The minimum atomic E-state index is 0.147. The van der Waals surface area contributed by atoms with Gasteiger partial charge in [-0.05, 0) is 42.0 Å². The van der Waals surface area contributed by atoms with E-state index in [4.69, 9.17) is 4.74 Å². The molecule has 0 N–H and O–H groups in total. The Morgan fingerprint density at radius 2 is 1.15 bits per heavy atom. The molecular formula is C29H27NOS2. The molecule has 1 aliphatic rings. The summed E-state index contributed by atoms with van der Waals surface area (Å²) in [5.74, 6) is 0.944. The van der Waals surface area contributed by atoms with E-state index in [9.17, 15) is 0 Å². The van der Waals surface area contributed by atoms with Crippen LogP contribution in [0.5, 0.6) is 5.75 Å². The maximum atomic E-state index is 6.52. The number of para-hydroxylation sites is 1. The summed E-state index contributed by atoms with van der Waals surface area (Å²) < 4.78 is 6.81. The Kier molecular flexibility index (Phi) is 7.36. The van der Waals surface area contributed by atoms with Crippen LogP contribution in [0, 0.1) is 0 Å². The van der Waals surface area contributed by atoms with E-state index in [0.29, 0.717) is 4.58 Å². The second-order valence-corrected chi connectivity index (χ2v) is 10.8. The molecule has 0 saturated carbocycles. The fourth-order valence-corrected chi connectivity index (χ4v) is 7.10. The lowest BCUT2D eigenvalue weighted by Crippen LogP contribution is -2.65. The predicted molar refractivity (Wildman–Crippen MR) is 140 cm³/mol. The number of rotatable bonds is 9. The van der Waals surface area contributed by atoms with E-state index in [1.54, 1.807) is 0 Å². The van der Waals surface area contributed by atoms with Gasteiger partial charge in [-0.25, -0.2) is 0 Å². The fraction of sp³-hybridized carbons (Fsp3) is 0.172. The van der Waals surface area contributed by atoms with Gasteiger partial charge in [0.15, 0.2) is 0 Å². The summed E-state index contributed by atoms with van der Waals surface area (Å²) in [6.45, 7) is 1.86. The monoisotopic (exact) mass is 469 g/mol. The Balaban J connectivity index is 1.43. The Bertz CT molecular complexity index is 1020. The van der Waals surface area contributed by atoms with Crippen molar-refractivity contribution in [3.05, 3.63) is 127 Å². The van der Waals surface area contributed by atoms with Crippen LogP contribution < -0.4 is 4.74 Å². The number of hydrogen-bond donors (Lipinski definition) is 0. The molecule has 1 saturated heterocycles. The van der Waals surface area contributed by atoms with Gasteiger partial charge in [0.05, 0.1) is 10.6 Å². The van der Waals surface area contributed by atoms with Crippen molar-refractivity contribution >= 4 is 23.5 Å². The molecule has 5 rings (SSSR count). The molecule has 4 aromatic rings. The van der Waals surface area contributed by atoms with Gasteiger partial charge in [0.1, 0.15) is 11.9 Å². The summed E-state index contributed by atoms with van der Waals surface area (Å²) in [5, 5.41) is 0. The molecule has 0 bridgehead atoms. The smallest absolute Gasteiger partial charge is 0.129 e. The van der Waals surface area contributed by atoms with Gasteiger partial charge >= 0.3 is 0 Å². The highest BCUT2D eigenvalue weighted by molar-refractivity contribution is 8.17. The van der Waals surface area contributed by atoms with Gasteiger partial charge in [-0.2, -0.15) is 0 Å². The fourth-order valence-electron chi connectivity index (χ4n) is 4.10. The molecular weight excluding hydrogens is 442 g/mol. The predicted octanol–water partition coefficient (Wildman–Crippen LogP) is 7.23. The molecule has 166 valence electrons. The van der Waals surface area contributed by atoms with Crippen molar-refractivity contribution in [2.24, 2.45) is 0 Å². The molecule has 0 unspecified atom stereocenters. The average molecular weight is 470 g/mol. The van der Waals surface area contributed by atoms with Crippen molar-refractivity contribution in [2.75, 3.05) is 6.54 Å². The van der Waals surface area contributed by atoms with Crippen LogP contribution >= 0.6 is 23.5 Å². The summed E-state index contributed by atoms with van der Waals surface area (Å²) in [5.41, 5.74) is 1.34. The molecule has 1 aliphatic heterocycles. The highest BCUT2D eigenvalue weighted by Crippen LogP contribution is 2.44. The molecule has 2 atom stereocenters. The minimum Gasteiger partial charge on any atom is -0.487 e. The van der Waals surface area contributed by atoms with Crippen LogP contribution in [0.2, 0.25) is 0 Å². The molecule has 1 heterocycles. The standard InChI is InChI=1S/C29H27NOS2/c1-5-13-23(14-6-1)21-30-22-27(31-24-15-7-2-8-16-24)28(30)29(32-25-17-9-3-10-18-25)33-26-19-11-4-12-20-26/h1-20,27-29H,21-22H2/t27-,28+/m1/s1. The summed E-state index contributed by atoms with van der Waals surface area (Å²) >= 11 is 3.87. The first-order valence-corrected chi connectivity index (χ1v) is 13.0. The van der Waals surface area contributed by atoms with E-state index in [1.165, 1.54) is 15.4 Å². The van der Waals surface area contributed by atoms with Crippen molar-refractivity contribution in [2.45, 2.75) is 33.1 Å². The topological polar surface area (TPSA) is 12.5 Å². The van der Waals surface area contributed by atoms with Gasteiger partial charge in [0.25, 0.3) is 0 Å². The van der Waals surface area contributed by atoms with E-state index in [2.05, 4.69) is 108 Å². The van der Waals surface area contributed by atoms with E-state index in [0.717, 1.165) is 18.8 Å². The Hall–Kier alpha value is -2.66. The summed E-state index contributed by atoms with van der Waals surface area (Å²) in [7, 11) is 0. The van der Waals surface area contributed by atoms with Crippen molar-refractivity contribution in [3.63, 3.8) is 0 Å². The van der Waals surface area contributed by atoms with Crippen LogP contribution in [0.1, 0.15) is 5.56 Å². The quantitative estimate of drug-likeness (QED) is 0.189. The zero-order valence-electron chi connectivity index (χ0n) is 18.4. The molecule has 4 aromatic carbocycles. The Morgan fingerprint density at radius 3 is 1.70 bits per heavy atom. The number of thioether (sulfide) groups is 2. The molecule has 33 heavy (non-hydrogen) atoms. The van der Waals surface area contributed by atoms with Crippen molar-refractivity contribution in [1.82, 2.24) is 4.90 Å². The van der Waals surface area contributed by atoms with Gasteiger partial charge in [0.2, 0.25) is 0 Å². The van der Waals surface area contributed by atoms with E-state index < -0.39 is 0 Å². The molecule has 0 radical (unpaired) electrons. The van der Waals surface area contributed by atoms with E-state index in [1.807, 2.05) is 41.7 Å². The van der Waals surface area contributed by atoms with E-state index >= 15 is 0 Å². The molecule has 2 nitrogen and oxygen atoms in total. The number of likely N-dealkylation sites (tertiary alicyclic amines) is 1. The summed E-state index contributed by atoms with van der Waals surface area (Å²) in [6.07, 6.45) is 0.147. The average Bonchev–Trinajstić information content (AvgIpc) is 2.86. The van der Waals surface area contributed by atoms with Crippen LogP contribution in [0.3, 0.4) is 0 Å². The number of benzene rings is 4. The number of nitrogens with zero attached hydrogens (tertiary/aromatic N) is 1. The third-order valence-electron chi connectivity index (χ3n) is 5.75. The highest BCUT2D eigenvalue weighted by atomic mass is 32.2. The maximum Gasteiger partial charge on any atom is 0.129 e. The normalized spacial score (nSPS) is 18.1. The van der Waals surface area contributed by atoms with Crippen molar-refractivity contribution < 1.29 is 4.74 Å². The molecule has 0 amide bonds. The van der Waals surface area contributed by atoms with Crippen LogP contribution in [0.15, 0.2) is 131 Å². The van der Waals surface area contributed by atoms with Crippen molar-refractivity contribution in [1.29, 1.82) is 0 Å². The van der Waals surface area contributed by atoms with Crippen LogP contribution in [0.25, 0.3) is 0 Å². The zero-order chi connectivity index (χ0) is 22.3. The molecule has 0 aromatic heterocycles. The second-order valence-electron chi connectivity index (χ2n) is 8.11. The molecule has 4 heteroatoms. The molecule has 1 fully saturated rings. The van der Waals surface area contributed by atoms with Crippen LogP contribution in [-0.2, 0) is 6.54 Å². The van der Waals surface area contributed by atoms with Gasteiger partial charge in [-0.1, -0.05) is 84.9 Å². The third-order valence-corrected chi connectivity index (χ3v) is 8.43. The number of ether oxygens (including phenoxy) is 1. The van der Waals surface area contributed by atoms with E-state index in [-0.39, 0.29) is 12.1 Å². The Morgan fingerprint density at radius 1 is 0.667 bits per heavy atom. The lowest BCUT2D eigenvalue weighted by molar-refractivity contribution is -0.0425. The lowest BCUT2D eigenvalue weighted by atomic mass is 9.99. The summed E-state index contributed by atoms with van der Waals surface area (Å²) in [4.78, 5) is 5.14. The van der Waals surface area contributed by atoms with Crippen LogP contribution in [-0.4, -0.2) is 28.2 Å². The highest BCUT2D eigenvalue weighted by Gasteiger charge is 2.46. The van der Waals surface area contributed by atoms with Gasteiger partial charge in [-0.15, -0.1) is 23.5 Å². The second kappa shape index (κ2) is 11.0. The van der Waals surface area contributed by atoms with Crippen LogP contribution in [0.4, 0.5) is 0 Å². The number of hydrogen-bond acceptors (Lipinski definition) is 4. The van der Waals surface area contributed by atoms with Gasteiger partial charge in [-0.3, -0.25) is 4.90 Å². The SMILES string of the molecule is c1ccc(CN2C[C@@H](Oc3ccccc3)[C@H]2C(Sc2ccccc2)Sc2ccccc2)cc1. The van der Waals surface area contributed by atoms with Gasteiger partial charge in [0, 0.05) is 22.9 Å². The largest absolute Gasteiger partial charge is 0.487 e. The first kappa shape index (κ1) is 22.1. The molecule has 0 aliphatic carbocycles. The first-order chi connectivity index (χ1) is 16.3. The summed E-state index contributed by atoms with van der Waals surface area (Å²) in [6, 6.07) is 42.7. The first-order valence-electron chi connectivity index (χ1n) is 11.3. The molecule has 0 spiro atoms. The van der Waals surface area contributed by atoms with Gasteiger partial charge < -0.3 is 4.74 Å². The zero-order valence-corrected chi connectivity index (χ0v) is 20.0. The lowest BCUT2D eigenvalue weighted by Gasteiger charge is -2.50. The Labute approximate surface area is 205 Å². The minimum absolute atomic E-state index is 0.147.